The molecule has 0 aromatic heterocycles. The molecular formula is C22H32O4. The number of aliphatic hydroxyl groups excluding tert-OH is 1. The average Bonchev–Trinajstić information content (AvgIpc) is 2.93. The normalized spacial score (nSPS) is 49.6. The molecule has 4 aliphatic carbocycles. The number of carboxylic acids is 1. The molecule has 3 N–H and O–H groups in total. The van der Waals surface area contributed by atoms with Crippen molar-refractivity contribution in [3.05, 3.63) is 22.8 Å². The standard InChI is InChI=1S/C22H32O4/c1-13(19(24)25)16-6-7-17-18-5-4-14-12-15(23)8-9-21(14,3)22(18,26)11-10-20(16,17)2/h12,15,17-18,23,26H,4-11H2,1-3H3,(H,24,25)/t15?,17-,18-,20+,21-,22+/m0/s1. The van der Waals surface area contributed by atoms with Crippen LogP contribution in [0.5, 0.6) is 0 Å². The van der Waals surface area contributed by atoms with E-state index >= 15 is 0 Å². The van der Waals surface area contributed by atoms with E-state index in [0.29, 0.717) is 11.5 Å². The molecule has 0 amide bonds. The Hall–Kier alpha value is -1.13. The summed E-state index contributed by atoms with van der Waals surface area (Å²) in [5.74, 6) is -0.224. The third-order valence-corrected chi connectivity index (χ3v) is 8.83. The molecule has 0 aromatic rings. The van der Waals surface area contributed by atoms with Crippen molar-refractivity contribution < 1.29 is 20.1 Å². The SMILES string of the molecule is CC(C(=O)O)=C1CC[C@H]2[C@@H]3CCC4=CC(O)CC[C@]4(C)[C@@]3(O)CC[C@]12C. The first-order valence-corrected chi connectivity index (χ1v) is 10.2. The Morgan fingerprint density at radius 1 is 1.08 bits per heavy atom. The summed E-state index contributed by atoms with van der Waals surface area (Å²) in [6, 6.07) is 0. The summed E-state index contributed by atoms with van der Waals surface area (Å²) in [4.78, 5) is 11.6. The molecule has 144 valence electrons. The van der Waals surface area contributed by atoms with Gasteiger partial charge in [0.25, 0.3) is 0 Å². The third-order valence-electron chi connectivity index (χ3n) is 8.83. The first-order chi connectivity index (χ1) is 12.1. The van der Waals surface area contributed by atoms with Gasteiger partial charge in [-0.25, -0.2) is 4.79 Å². The van der Waals surface area contributed by atoms with Gasteiger partial charge in [0.15, 0.2) is 0 Å². The van der Waals surface area contributed by atoms with E-state index in [2.05, 4.69) is 13.8 Å². The molecule has 3 saturated carbocycles. The number of rotatable bonds is 1. The number of allylic oxidation sites excluding steroid dienone is 1. The van der Waals surface area contributed by atoms with Crippen LogP contribution in [0.3, 0.4) is 0 Å². The number of carboxylic acid groups (broad SMARTS) is 1. The van der Waals surface area contributed by atoms with Crippen molar-refractivity contribution in [3.63, 3.8) is 0 Å². The van der Waals surface area contributed by atoms with E-state index in [1.54, 1.807) is 6.92 Å². The molecule has 4 aliphatic rings. The quantitative estimate of drug-likeness (QED) is 0.491. The minimum atomic E-state index is -0.801. The van der Waals surface area contributed by atoms with E-state index in [-0.39, 0.29) is 22.9 Å². The Kier molecular flexibility index (Phi) is 3.99. The molecule has 4 heteroatoms. The fourth-order valence-corrected chi connectivity index (χ4v) is 7.21. The monoisotopic (exact) mass is 360 g/mol. The van der Waals surface area contributed by atoms with Crippen LogP contribution in [0.2, 0.25) is 0 Å². The van der Waals surface area contributed by atoms with Crippen molar-refractivity contribution in [2.45, 2.75) is 83.8 Å². The molecule has 0 aromatic carbocycles. The van der Waals surface area contributed by atoms with Crippen LogP contribution in [-0.2, 0) is 4.79 Å². The first kappa shape index (κ1) is 18.2. The maximum atomic E-state index is 12.0. The minimum absolute atomic E-state index is 0.0921. The van der Waals surface area contributed by atoms with Gasteiger partial charge in [0.1, 0.15) is 0 Å². The van der Waals surface area contributed by atoms with Gasteiger partial charge < -0.3 is 15.3 Å². The van der Waals surface area contributed by atoms with E-state index in [9.17, 15) is 20.1 Å². The van der Waals surface area contributed by atoms with Crippen LogP contribution >= 0.6 is 0 Å². The number of hydrogen-bond donors (Lipinski definition) is 3. The molecule has 4 nitrogen and oxygen atoms in total. The number of aliphatic carboxylic acids is 1. The smallest absolute Gasteiger partial charge is 0.331 e. The summed E-state index contributed by atoms with van der Waals surface area (Å²) < 4.78 is 0. The number of carbonyl (C=O) groups is 1. The fourth-order valence-electron chi connectivity index (χ4n) is 7.21. The molecule has 6 atom stereocenters. The zero-order valence-corrected chi connectivity index (χ0v) is 16.2. The molecule has 0 aliphatic heterocycles. The topological polar surface area (TPSA) is 77.8 Å². The van der Waals surface area contributed by atoms with Gasteiger partial charge in [0.05, 0.1) is 11.7 Å². The zero-order valence-electron chi connectivity index (χ0n) is 16.2. The number of fused-ring (bicyclic) bond motifs is 5. The second-order valence-corrected chi connectivity index (χ2v) is 9.67. The van der Waals surface area contributed by atoms with Crippen LogP contribution in [0, 0.1) is 22.7 Å². The summed E-state index contributed by atoms with van der Waals surface area (Å²) in [5.41, 5.74) is 1.81. The first-order valence-electron chi connectivity index (χ1n) is 10.2. The van der Waals surface area contributed by atoms with E-state index in [1.807, 2.05) is 6.08 Å². The second kappa shape index (κ2) is 5.68. The summed E-state index contributed by atoms with van der Waals surface area (Å²) in [6.07, 6.45) is 8.51. The summed E-state index contributed by atoms with van der Waals surface area (Å²) in [6.45, 7) is 6.19. The predicted octanol–water partition coefficient (Wildman–Crippen LogP) is 3.83. The van der Waals surface area contributed by atoms with Gasteiger partial charge in [-0.1, -0.05) is 31.1 Å². The molecule has 0 bridgehead atoms. The fraction of sp³-hybridized carbons (Fsp3) is 0.773. The number of aliphatic hydroxyl groups is 2. The molecule has 3 fully saturated rings. The Morgan fingerprint density at radius 2 is 1.77 bits per heavy atom. The maximum Gasteiger partial charge on any atom is 0.331 e. The van der Waals surface area contributed by atoms with Crippen LogP contribution in [0.25, 0.3) is 0 Å². The lowest BCUT2D eigenvalue weighted by molar-refractivity contribution is -0.185. The van der Waals surface area contributed by atoms with Gasteiger partial charge >= 0.3 is 5.97 Å². The highest BCUT2D eigenvalue weighted by atomic mass is 16.4. The van der Waals surface area contributed by atoms with Gasteiger partial charge in [-0.3, -0.25) is 0 Å². The Bertz CT molecular complexity index is 707. The highest BCUT2D eigenvalue weighted by Gasteiger charge is 2.65. The number of hydrogen-bond acceptors (Lipinski definition) is 3. The van der Waals surface area contributed by atoms with Crippen molar-refractivity contribution in [3.8, 4) is 0 Å². The highest BCUT2D eigenvalue weighted by Crippen LogP contribution is 2.68. The Balaban J connectivity index is 1.74. The van der Waals surface area contributed by atoms with E-state index in [1.165, 1.54) is 5.57 Å². The van der Waals surface area contributed by atoms with Crippen molar-refractivity contribution in [2.24, 2.45) is 22.7 Å². The lowest BCUT2D eigenvalue weighted by atomic mass is 9.44. The van der Waals surface area contributed by atoms with Crippen molar-refractivity contribution in [2.75, 3.05) is 0 Å². The molecule has 4 rings (SSSR count). The van der Waals surface area contributed by atoms with E-state index in [0.717, 1.165) is 56.9 Å². The van der Waals surface area contributed by atoms with Crippen LogP contribution in [-0.4, -0.2) is 33.0 Å². The van der Waals surface area contributed by atoms with Gasteiger partial charge in [0, 0.05) is 11.0 Å². The van der Waals surface area contributed by atoms with Crippen LogP contribution in [0.15, 0.2) is 22.8 Å². The van der Waals surface area contributed by atoms with Crippen molar-refractivity contribution in [1.29, 1.82) is 0 Å². The van der Waals surface area contributed by atoms with Gasteiger partial charge in [-0.2, -0.15) is 0 Å². The van der Waals surface area contributed by atoms with Gasteiger partial charge in [0.2, 0.25) is 0 Å². The Morgan fingerprint density at radius 3 is 2.46 bits per heavy atom. The largest absolute Gasteiger partial charge is 0.478 e. The Labute approximate surface area is 156 Å². The van der Waals surface area contributed by atoms with E-state index in [4.69, 9.17) is 0 Å². The molecule has 1 unspecified atom stereocenters. The van der Waals surface area contributed by atoms with E-state index < -0.39 is 11.6 Å². The molecule has 0 saturated heterocycles. The molecular weight excluding hydrogens is 328 g/mol. The maximum absolute atomic E-state index is 12.0. The van der Waals surface area contributed by atoms with Crippen molar-refractivity contribution in [1.82, 2.24) is 0 Å². The summed E-state index contributed by atoms with van der Waals surface area (Å²) >= 11 is 0. The van der Waals surface area contributed by atoms with Crippen molar-refractivity contribution >= 4 is 5.97 Å². The van der Waals surface area contributed by atoms with Crippen LogP contribution < -0.4 is 0 Å². The molecule has 0 spiro atoms. The van der Waals surface area contributed by atoms with Gasteiger partial charge in [-0.05, 0) is 75.5 Å². The zero-order chi connectivity index (χ0) is 18.9. The molecule has 0 heterocycles. The molecule has 26 heavy (non-hydrogen) atoms. The predicted molar refractivity (Wildman–Crippen MR) is 99.5 cm³/mol. The second-order valence-electron chi connectivity index (χ2n) is 9.67. The van der Waals surface area contributed by atoms with Gasteiger partial charge in [-0.15, -0.1) is 0 Å². The lowest BCUT2D eigenvalue weighted by Crippen LogP contribution is -2.62. The molecule has 0 radical (unpaired) electrons. The summed E-state index contributed by atoms with van der Waals surface area (Å²) in [7, 11) is 0. The summed E-state index contributed by atoms with van der Waals surface area (Å²) in [5, 5.41) is 31.5. The lowest BCUT2D eigenvalue weighted by Gasteiger charge is -2.62. The van der Waals surface area contributed by atoms with Crippen LogP contribution in [0.1, 0.15) is 72.1 Å². The highest BCUT2D eigenvalue weighted by molar-refractivity contribution is 5.87. The third kappa shape index (κ3) is 2.18. The average molecular weight is 360 g/mol. The minimum Gasteiger partial charge on any atom is -0.478 e. The van der Waals surface area contributed by atoms with Crippen LogP contribution in [0.4, 0.5) is 0 Å².